The summed E-state index contributed by atoms with van der Waals surface area (Å²) >= 11 is 0. The second-order valence-corrected chi connectivity index (χ2v) is 5.09. The quantitative estimate of drug-likeness (QED) is 0.536. The molecule has 0 heterocycles. The molecule has 5 nitrogen and oxygen atoms in total. The minimum Gasteiger partial charge on any atom is -0.468 e. The van der Waals surface area contributed by atoms with Crippen LogP contribution in [-0.2, 0) is 19.0 Å². The standard InChI is InChI=1S/C12H25NO4/c1-11(2,3)17-8-7-16-9-12(4,13-5)10(14)15-6/h13H,7-9H2,1-6H3. The van der Waals surface area contributed by atoms with Gasteiger partial charge >= 0.3 is 5.97 Å². The summed E-state index contributed by atoms with van der Waals surface area (Å²) in [6.07, 6.45) is 0. The molecule has 0 aliphatic heterocycles. The van der Waals surface area contributed by atoms with Crippen LogP contribution in [0.5, 0.6) is 0 Å². The van der Waals surface area contributed by atoms with Gasteiger partial charge in [-0.05, 0) is 34.7 Å². The number of likely N-dealkylation sites (N-methyl/N-ethyl adjacent to an activating group) is 1. The van der Waals surface area contributed by atoms with Crippen LogP contribution in [0.4, 0.5) is 0 Å². The van der Waals surface area contributed by atoms with Gasteiger partial charge in [0.2, 0.25) is 0 Å². The number of nitrogens with one attached hydrogen (secondary N) is 1. The van der Waals surface area contributed by atoms with E-state index in [4.69, 9.17) is 14.2 Å². The molecule has 0 aliphatic rings. The van der Waals surface area contributed by atoms with E-state index in [0.29, 0.717) is 13.2 Å². The zero-order valence-electron chi connectivity index (χ0n) is 11.8. The maximum Gasteiger partial charge on any atom is 0.328 e. The molecule has 1 unspecified atom stereocenters. The van der Waals surface area contributed by atoms with Crippen molar-refractivity contribution in [1.29, 1.82) is 0 Å². The highest BCUT2D eigenvalue weighted by atomic mass is 16.5. The van der Waals surface area contributed by atoms with E-state index in [2.05, 4.69) is 5.32 Å². The first kappa shape index (κ1) is 16.4. The highest BCUT2D eigenvalue weighted by molar-refractivity contribution is 5.80. The van der Waals surface area contributed by atoms with Crippen molar-refractivity contribution in [2.45, 2.75) is 38.8 Å². The van der Waals surface area contributed by atoms with Gasteiger partial charge in [-0.2, -0.15) is 0 Å². The van der Waals surface area contributed by atoms with Crippen molar-refractivity contribution in [3.63, 3.8) is 0 Å². The summed E-state index contributed by atoms with van der Waals surface area (Å²) in [4.78, 5) is 11.5. The van der Waals surface area contributed by atoms with Gasteiger partial charge in [0.25, 0.3) is 0 Å². The van der Waals surface area contributed by atoms with E-state index in [9.17, 15) is 4.79 Å². The van der Waals surface area contributed by atoms with Gasteiger partial charge in [-0.1, -0.05) is 0 Å². The molecule has 0 bridgehead atoms. The average Bonchev–Trinajstić information content (AvgIpc) is 2.25. The van der Waals surface area contributed by atoms with E-state index >= 15 is 0 Å². The molecule has 0 aliphatic carbocycles. The molecule has 0 fully saturated rings. The Morgan fingerprint density at radius 1 is 1.18 bits per heavy atom. The fraction of sp³-hybridized carbons (Fsp3) is 0.917. The lowest BCUT2D eigenvalue weighted by Crippen LogP contribution is -2.52. The van der Waals surface area contributed by atoms with Gasteiger partial charge in [-0.25, -0.2) is 4.79 Å². The smallest absolute Gasteiger partial charge is 0.328 e. The number of hydrogen-bond acceptors (Lipinski definition) is 5. The normalized spacial score (nSPS) is 15.4. The third-order valence-electron chi connectivity index (χ3n) is 2.34. The van der Waals surface area contributed by atoms with E-state index in [1.807, 2.05) is 20.8 Å². The number of hydrogen-bond donors (Lipinski definition) is 1. The molecular formula is C12H25NO4. The number of esters is 1. The molecule has 0 aromatic carbocycles. The fourth-order valence-corrected chi connectivity index (χ4v) is 1.14. The largest absolute Gasteiger partial charge is 0.468 e. The predicted molar refractivity (Wildman–Crippen MR) is 66.0 cm³/mol. The van der Waals surface area contributed by atoms with Crippen molar-refractivity contribution < 1.29 is 19.0 Å². The van der Waals surface area contributed by atoms with Crippen LogP contribution < -0.4 is 5.32 Å². The summed E-state index contributed by atoms with van der Waals surface area (Å²) in [5, 5.41) is 2.90. The highest BCUT2D eigenvalue weighted by Crippen LogP contribution is 2.08. The second-order valence-electron chi connectivity index (χ2n) is 5.09. The lowest BCUT2D eigenvalue weighted by atomic mass is 10.1. The van der Waals surface area contributed by atoms with Crippen molar-refractivity contribution in [3.05, 3.63) is 0 Å². The molecule has 0 amide bonds. The second kappa shape index (κ2) is 6.93. The zero-order valence-corrected chi connectivity index (χ0v) is 11.8. The molecule has 102 valence electrons. The van der Waals surface area contributed by atoms with E-state index < -0.39 is 5.54 Å². The maximum absolute atomic E-state index is 11.5. The highest BCUT2D eigenvalue weighted by Gasteiger charge is 2.32. The van der Waals surface area contributed by atoms with E-state index in [1.54, 1.807) is 14.0 Å². The van der Waals surface area contributed by atoms with E-state index in [-0.39, 0.29) is 18.2 Å². The summed E-state index contributed by atoms with van der Waals surface area (Å²) in [6.45, 7) is 8.90. The summed E-state index contributed by atoms with van der Waals surface area (Å²) in [5.41, 5.74) is -0.978. The summed E-state index contributed by atoms with van der Waals surface area (Å²) in [5.74, 6) is -0.336. The third-order valence-corrected chi connectivity index (χ3v) is 2.34. The number of carbonyl (C=O) groups excluding carboxylic acids is 1. The van der Waals surface area contributed by atoms with Crippen LogP contribution in [0, 0.1) is 0 Å². The van der Waals surface area contributed by atoms with Gasteiger partial charge in [0.15, 0.2) is 0 Å². The summed E-state index contributed by atoms with van der Waals surface area (Å²) in [7, 11) is 3.06. The minimum absolute atomic E-state index is 0.169. The molecule has 0 saturated carbocycles. The molecule has 1 atom stereocenters. The number of carbonyl (C=O) groups is 1. The van der Waals surface area contributed by atoms with Crippen LogP contribution in [0.15, 0.2) is 0 Å². The Labute approximate surface area is 104 Å². The number of methoxy groups -OCH3 is 1. The Kier molecular flexibility index (Phi) is 6.67. The van der Waals surface area contributed by atoms with Crippen molar-refractivity contribution in [1.82, 2.24) is 5.32 Å². The fourth-order valence-electron chi connectivity index (χ4n) is 1.14. The van der Waals surface area contributed by atoms with Crippen LogP contribution in [0.1, 0.15) is 27.7 Å². The Morgan fingerprint density at radius 2 is 1.76 bits per heavy atom. The number of ether oxygens (including phenoxy) is 3. The Bertz CT molecular complexity index is 237. The molecule has 0 aromatic heterocycles. The molecule has 0 spiro atoms. The lowest BCUT2D eigenvalue weighted by Gasteiger charge is -2.26. The zero-order chi connectivity index (χ0) is 13.5. The molecular weight excluding hydrogens is 222 g/mol. The molecule has 0 aromatic rings. The minimum atomic E-state index is -0.809. The first-order valence-corrected chi connectivity index (χ1v) is 5.74. The maximum atomic E-state index is 11.5. The average molecular weight is 247 g/mol. The lowest BCUT2D eigenvalue weighted by molar-refractivity contribution is -0.151. The van der Waals surface area contributed by atoms with Gasteiger partial charge in [-0.15, -0.1) is 0 Å². The Morgan fingerprint density at radius 3 is 2.18 bits per heavy atom. The number of rotatable bonds is 7. The van der Waals surface area contributed by atoms with Gasteiger partial charge in [0.05, 0.1) is 32.5 Å². The van der Waals surface area contributed by atoms with Gasteiger partial charge in [0, 0.05) is 0 Å². The first-order valence-electron chi connectivity index (χ1n) is 5.74. The van der Waals surface area contributed by atoms with Crippen LogP contribution in [0.3, 0.4) is 0 Å². The van der Waals surface area contributed by atoms with E-state index in [0.717, 1.165) is 0 Å². The molecule has 0 rings (SSSR count). The SMILES string of the molecule is CNC(C)(COCCOC(C)(C)C)C(=O)OC. The molecule has 0 radical (unpaired) electrons. The van der Waals surface area contributed by atoms with E-state index in [1.165, 1.54) is 7.11 Å². The van der Waals surface area contributed by atoms with Gasteiger partial charge in [-0.3, -0.25) is 0 Å². The monoisotopic (exact) mass is 247 g/mol. The molecule has 5 heteroatoms. The summed E-state index contributed by atoms with van der Waals surface area (Å²) in [6, 6.07) is 0. The van der Waals surface area contributed by atoms with Crippen LogP contribution in [0.2, 0.25) is 0 Å². The van der Waals surface area contributed by atoms with Crippen molar-refractivity contribution in [2.75, 3.05) is 34.0 Å². The Balaban J connectivity index is 3.89. The Hall–Kier alpha value is -0.650. The van der Waals surface area contributed by atoms with Crippen LogP contribution in [0.25, 0.3) is 0 Å². The molecule has 0 saturated heterocycles. The third kappa shape index (κ3) is 6.61. The molecule has 17 heavy (non-hydrogen) atoms. The van der Waals surface area contributed by atoms with Crippen molar-refractivity contribution in [2.24, 2.45) is 0 Å². The first-order chi connectivity index (χ1) is 7.75. The predicted octanol–water partition coefficient (Wildman–Crippen LogP) is 0.969. The topological polar surface area (TPSA) is 56.8 Å². The molecule has 1 N–H and O–H groups in total. The van der Waals surface area contributed by atoms with Crippen molar-refractivity contribution in [3.8, 4) is 0 Å². The van der Waals surface area contributed by atoms with Crippen LogP contribution >= 0.6 is 0 Å². The van der Waals surface area contributed by atoms with Gasteiger partial charge in [0.1, 0.15) is 5.54 Å². The van der Waals surface area contributed by atoms with Crippen LogP contribution in [-0.4, -0.2) is 51.1 Å². The van der Waals surface area contributed by atoms with Gasteiger partial charge < -0.3 is 19.5 Å². The van der Waals surface area contributed by atoms with Crippen molar-refractivity contribution >= 4 is 5.97 Å². The summed E-state index contributed by atoms with van der Waals surface area (Å²) < 4.78 is 15.6.